The molecule has 0 saturated heterocycles. The number of nitrogens with one attached hydrogen (secondary N) is 2. The minimum atomic E-state index is -2.74. The molecular formula is C33H44N2O5Si. The van der Waals surface area contributed by atoms with Crippen LogP contribution < -0.4 is 25.4 Å². The molecule has 0 aromatic heterocycles. The van der Waals surface area contributed by atoms with Crippen LogP contribution in [-0.4, -0.2) is 52.2 Å². The van der Waals surface area contributed by atoms with Gasteiger partial charge < -0.3 is 24.5 Å². The Hall–Kier alpha value is -3.62. The molecule has 2 N–H and O–H groups in total. The van der Waals surface area contributed by atoms with Crippen LogP contribution in [0.5, 0.6) is 5.75 Å². The van der Waals surface area contributed by atoms with E-state index in [-0.39, 0.29) is 11.0 Å². The fourth-order valence-corrected chi connectivity index (χ4v) is 9.28. The van der Waals surface area contributed by atoms with E-state index in [1.807, 2.05) is 57.2 Å². The molecule has 0 radical (unpaired) electrons. The van der Waals surface area contributed by atoms with E-state index in [0.717, 1.165) is 11.3 Å². The second-order valence-electron chi connectivity index (χ2n) is 12.1. The van der Waals surface area contributed by atoms with Crippen molar-refractivity contribution in [2.75, 3.05) is 20.2 Å². The molecule has 7 nitrogen and oxygen atoms in total. The number of carbonyl (C=O) groups is 2. The van der Waals surface area contributed by atoms with Crippen LogP contribution in [0, 0.1) is 0 Å². The van der Waals surface area contributed by atoms with Gasteiger partial charge in [0.05, 0.1) is 7.11 Å². The molecule has 0 bridgehead atoms. The van der Waals surface area contributed by atoms with Gasteiger partial charge in [-0.1, -0.05) is 93.6 Å². The molecule has 0 spiro atoms. The Kier molecular flexibility index (Phi) is 10.8. The van der Waals surface area contributed by atoms with Gasteiger partial charge in [-0.05, 0) is 60.3 Å². The lowest BCUT2D eigenvalue weighted by molar-refractivity contribution is -0.143. The third-order valence-corrected chi connectivity index (χ3v) is 11.7. The van der Waals surface area contributed by atoms with Gasteiger partial charge in [0.25, 0.3) is 0 Å². The van der Waals surface area contributed by atoms with Gasteiger partial charge in [0.15, 0.2) is 0 Å². The molecule has 0 saturated carbocycles. The fraction of sp³-hybridized carbons (Fsp3) is 0.394. The highest BCUT2D eigenvalue weighted by molar-refractivity contribution is 7.00. The zero-order chi connectivity index (χ0) is 30.1. The van der Waals surface area contributed by atoms with Crippen LogP contribution in [0.3, 0.4) is 0 Å². The molecule has 3 aromatic carbocycles. The number of hydrogen-bond acceptors (Lipinski definition) is 6. The first kappa shape index (κ1) is 31.9. The molecule has 41 heavy (non-hydrogen) atoms. The summed E-state index contributed by atoms with van der Waals surface area (Å²) in [6.07, 6.45) is -0.0658. The van der Waals surface area contributed by atoms with E-state index in [1.54, 1.807) is 0 Å². The first-order valence-electron chi connectivity index (χ1n) is 14.0. The molecule has 220 valence electrons. The molecule has 0 aliphatic heterocycles. The summed E-state index contributed by atoms with van der Waals surface area (Å²) in [5.74, 6) is 0.419. The number of esters is 1. The maximum absolute atomic E-state index is 12.5. The smallest absolute Gasteiger partial charge is 0.407 e. The number of rotatable bonds is 11. The highest BCUT2D eigenvalue weighted by atomic mass is 28.4. The molecule has 0 heterocycles. The Labute approximate surface area is 245 Å². The minimum Gasteiger partial charge on any atom is -0.534 e. The summed E-state index contributed by atoms with van der Waals surface area (Å²) in [6, 6.07) is 28.4. The van der Waals surface area contributed by atoms with Crippen molar-refractivity contribution in [1.82, 2.24) is 10.6 Å². The van der Waals surface area contributed by atoms with Crippen molar-refractivity contribution in [2.45, 2.75) is 64.6 Å². The summed E-state index contributed by atoms with van der Waals surface area (Å²) in [7, 11) is -1.37. The Bertz CT molecular complexity index is 1210. The van der Waals surface area contributed by atoms with Gasteiger partial charge in [0.1, 0.15) is 17.4 Å². The van der Waals surface area contributed by atoms with Crippen molar-refractivity contribution in [3.05, 3.63) is 90.5 Å². The highest BCUT2D eigenvalue weighted by Gasteiger charge is 2.52. The van der Waals surface area contributed by atoms with E-state index in [4.69, 9.17) is 13.9 Å². The molecule has 3 rings (SSSR count). The average Bonchev–Trinajstić information content (AvgIpc) is 2.93. The lowest BCUT2D eigenvalue weighted by atomic mass is 10.1. The summed E-state index contributed by atoms with van der Waals surface area (Å²) in [5, 5.41) is 8.14. The van der Waals surface area contributed by atoms with Gasteiger partial charge in [-0.15, -0.1) is 0 Å². The summed E-state index contributed by atoms with van der Waals surface area (Å²) in [4.78, 5) is 24.4. The molecule has 0 aliphatic carbocycles. The zero-order valence-electron chi connectivity index (χ0n) is 25.3. The molecular weight excluding hydrogens is 532 g/mol. The third-order valence-electron chi connectivity index (χ3n) is 6.72. The van der Waals surface area contributed by atoms with Crippen LogP contribution in [0.2, 0.25) is 5.04 Å². The third kappa shape index (κ3) is 8.68. The van der Waals surface area contributed by atoms with Crippen molar-refractivity contribution in [2.24, 2.45) is 0 Å². The van der Waals surface area contributed by atoms with E-state index >= 15 is 0 Å². The number of amides is 1. The van der Waals surface area contributed by atoms with Gasteiger partial charge in [-0.3, -0.25) is 4.79 Å². The first-order valence-corrected chi connectivity index (χ1v) is 15.9. The molecule has 8 heteroatoms. The molecule has 0 aliphatic rings. The van der Waals surface area contributed by atoms with Crippen LogP contribution in [0.25, 0.3) is 0 Å². The fourth-order valence-electron chi connectivity index (χ4n) is 4.86. The quantitative estimate of drug-likeness (QED) is 0.193. The SMILES string of the molecule is COC(=O)[C@H](Cc1ccc(O[Si](c2ccccc2)(c2ccccc2)C(C)(C)C)cc1)NCCNC(=O)OC(C)(C)C. The van der Waals surface area contributed by atoms with Gasteiger partial charge >= 0.3 is 20.4 Å². The van der Waals surface area contributed by atoms with E-state index in [9.17, 15) is 9.59 Å². The number of hydrogen-bond donors (Lipinski definition) is 2. The number of ether oxygens (including phenoxy) is 2. The summed E-state index contributed by atoms with van der Waals surface area (Å²) in [5.41, 5.74) is 0.391. The number of benzene rings is 3. The van der Waals surface area contributed by atoms with Crippen LogP contribution in [-0.2, 0) is 20.7 Å². The molecule has 0 fully saturated rings. The second-order valence-corrected chi connectivity index (χ2v) is 16.3. The van der Waals surface area contributed by atoms with Crippen molar-refractivity contribution in [1.29, 1.82) is 0 Å². The predicted molar refractivity (Wildman–Crippen MR) is 166 cm³/mol. The van der Waals surface area contributed by atoms with E-state index < -0.39 is 26.1 Å². The summed E-state index contributed by atoms with van der Waals surface area (Å²) in [6.45, 7) is 12.9. The molecule has 1 atom stereocenters. The van der Waals surface area contributed by atoms with Crippen LogP contribution in [0.4, 0.5) is 4.79 Å². The Balaban J connectivity index is 1.77. The predicted octanol–water partition coefficient (Wildman–Crippen LogP) is 4.82. The molecule has 0 unspecified atom stereocenters. The van der Waals surface area contributed by atoms with Crippen molar-refractivity contribution in [3.63, 3.8) is 0 Å². The molecule has 1 amide bonds. The van der Waals surface area contributed by atoms with Gasteiger partial charge in [-0.25, -0.2) is 4.79 Å². The second kappa shape index (κ2) is 13.8. The van der Waals surface area contributed by atoms with Gasteiger partial charge in [0, 0.05) is 13.1 Å². The normalized spacial score (nSPS) is 12.8. The summed E-state index contributed by atoms with van der Waals surface area (Å²) < 4.78 is 17.4. The van der Waals surface area contributed by atoms with Crippen LogP contribution >= 0.6 is 0 Å². The maximum atomic E-state index is 12.5. The van der Waals surface area contributed by atoms with Crippen LogP contribution in [0.15, 0.2) is 84.9 Å². The van der Waals surface area contributed by atoms with E-state index in [1.165, 1.54) is 17.5 Å². The molecule has 3 aromatic rings. The topological polar surface area (TPSA) is 85.9 Å². The first-order chi connectivity index (χ1) is 19.4. The van der Waals surface area contributed by atoms with Crippen molar-refractivity contribution >= 4 is 30.8 Å². The standard InChI is InChI=1S/C33H44N2O5Si/c1-32(2,3)39-31(37)35-23-22-34-29(30(36)38-7)24-25-18-20-26(21-19-25)40-41(33(4,5)6,27-14-10-8-11-15-27)28-16-12-9-13-17-28/h8-21,29,34H,22-24H2,1-7H3,(H,35,37)/t29-/m0/s1. The van der Waals surface area contributed by atoms with E-state index in [2.05, 4.69) is 79.9 Å². The number of carbonyl (C=O) groups excluding carboxylic acids is 2. The van der Waals surface area contributed by atoms with Gasteiger partial charge in [0.2, 0.25) is 0 Å². The number of alkyl carbamates (subject to hydrolysis) is 1. The van der Waals surface area contributed by atoms with Gasteiger partial charge in [-0.2, -0.15) is 0 Å². The van der Waals surface area contributed by atoms with Crippen molar-refractivity contribution in [3.8, 4) is 5.75 Å². The Morgan fingerprint density at radius 2 is 1.32 bits per heavy atom. The van der Waals surface area contributed by atoms with E-state index in [0.29, 0.717) is 19.5 Å². The van der Waals surface area contributed by atoms with Crippen molar-refractivity contribution < 1.29 is 23.5 Å². The number of methoxy groups -OCH3 is 1. The Morgan fingerprint density at radius 1 is 0.780 bits per heavy atom. The largest absolute Gasteiger partial charge is 0.534 e. The Morgan fingerprint density at radius 3 is 1.78 bits per heavy atom. The monoisotopic (exact) mass is 576 g/mol. The summed E-state index contributed by atoms with van der Waals surface area (Å²) >= 11 is 0. The van der Waals surface area contributed by atoms with Crippen LogP contribution in [0.1, 0.15) is 47.1 Å². The highest BCUT2D eigenvalue weighted by Crippen LogP contribution is 2.37. The lowest BCUT2D eigenvalue weighted by Gasteiger charge is -2.43. The maximum Gasteiger partial charge on any atom is 0.407 e. The lowest BCUT2D eigenvalue weighted by Crippen LogP contribution is -2.68. The zero-order valence-corrected chi connectivity index (χ0v) is 26.3. The minimum absolute atomic E-state index is 0.151. The average molecular weight is 577 g/mol.